The van der Waals surface area contributed by atoms with Crippen molar-refractivity contribution in [2.75, 3.05) is 6.61 Å². The predicted molar refractivity (Wildman–Crippen MR) is 68.7 cm³/mol. The highest BCUT2D eigenvalue weighted by atomic mass is 16.5. The first-order valence-electron chi connectivity index (χ1n) is 6.32. The monoisotopic (exact) mass is 216 g/mol. The Morgan fingerprint density at radius 1 is 1.31 bits per heavy atom. The second kappa shape index (κ2) is 5.74. The molecule has 1 aliphatic carbocycles. The van der Waals surface area contributed by atoms with Crippen LogP contribution in [0.25, 0.3) is 5.57 Å². The minimum atomic E-state index is 0.832. The van der Waals surface area contributed by atoms with E-state index in [1.807, 2.05) is 0 Å². The van der Waals surface area contributed by atoms with Gasteiger partial charge in [-0.25, -0.2) is 0 Å². The summed E-state index contributed by atoms with van der Waals surface area (Å²) < 4.78 is 5.72. The first kappa shape index (κ1) is 11.3. The molecule has 1 aliphatic rings. The van der Waals surface area contributed by atoms with Crippen molar-refractivity contribution in [2.24, 2.45) is 0 Å². The minimum Gasteiger partial charge on any atom is -0.494 e. The second-order valence-corrected chi connectivity index (χ2v) is 4.35. The van der Waals surface area contributed by atoms with Crippen molar-refractivity contribution in [1.29, 1.82) is 0 Å². The lowest BCUT2D eigenvalue weighted by molar-refractivity contribution is 0.309. The maximum atomic E-state index is 5.72. The fraction of sp³-hybridized carbons (Fsp3) is 0.467. The molecule has 16 heavy (non-hydrogen) atoms. The molecule has 0 aromatic heterocycles. The number of rotatable bonds is 5. The van der Waals surface area contributed by atoms with Crippen LogP contribution >= 0.6 is 0 Å². The average Bonchev–Trinajstić information content (AvgIpc) is 2.83. The van der Waals surface area contributed by atoms with Gasteiger partial charge in [0.05, 0.1) is 6.61 Å². The van der Waals surface area contributed by atoms with Crippen LogP contribution in [0, 0.1) is 0 Å². The van der Waals surface area contributed by atoms with E-state index in [1.165, 1.54) is 36.8 Å². The summed E-state index contributed by atoms with van der Waals surface area (Å²) in [5.41, 5.74) is 2.83. The summed E-state index contributed by atoms with van der Waals surface area (Å²) in [6.07, 6.45) is 8.42. The van der Waals surface area contributed by atoms with E-state index in [0.717, 1.165) is 18.8 Å². The summed E-state index contributed by atoms with van der Waals surface area (Å²) in [4.78, 5) is 0. The highest BCUT2D eigenvalue weighted by Crippen LogP contribution is 2.29. The Balaban J connectivity index is 2.01. The zero-order valence-corrected chi connectivity index (χ0v) is 10.0. The molecular weight excluding hydrogens is 196 g/mol. The van der Waals surface area contributed by atoms with Crippen molar-refractivity contribution in [3.63, 3.8) is 0 Å². The first-order chi connectivity index (χ1) is 7.90. The lowest BCUT2D eigenvalue weighted by Crippen LogP contribution is -1.96. The smallest absolute Gasteiger partial charge is 0.119 e. The van der Waals surface area contributed by atoms with Crippen LogP contribution in [-0.4, -0.2) is 6.61 Å². The normalized spacial score (nSPS) is 14.9. The molecule has 0 unspecified atom stereocenters. The summed E-state index contributed by atoms with van der Waals surface area (Å²) in [5.74, 6) is 1.01. The van der Waals surface area contributed by atoms with Crippen molar-refractivity contribution in [3.05, 3.63) is 35.9 Å². The molecule has 0 atom stereocenters. The molecule has 0 saturated heterocycles. The SMILES string of the molecule is CCCCOc1cccc(C2=CCCC2)c1. The summed E-state index contributed by atoms with van der Waals surface area (Å²) in [5, 5.41) is 0. The number of hydrogen-bond donors (Lipinski definition) is 0. The molecule has 1 nitrogen and oxygen atoms in total. The summed E-state index contributed by atoms with van der Waals surface area (Å²) in [7, 11) is 0. The lowest BCUT2D eigenvalue weighted by Gasteiger charge is -2.08. The van der Waals surface area contributed by atoms with E-state index in [2.05, 4.69) is 37.3 Å². The van der Waals surface area contributed by atoms with Gasteiger partial charge in [-0.15, -0.1) is 0 Å². The quantitative estimate of drug-likeness (QED) is 0.661. The summed E-state index contributed by atoms with van der Waals surface area (Å²) in [6, 6.07) is 8.50. The molecule has 2 rings (SSSR count). The van der Waals surface area contributed by atoms with E-state index in [9.17, 15) is 0 Å². The second-order valence-electron chi connectivity index (χ2n) is 4.35. The van der Waals surface area contributed by atoms with Gasteiger partial charge in [-0.1, -0.05) is 31.6 Å². The molecule has 0 spiro atoms. The first-order valence-corrected chi connectivity index (χ1v) is 6.32. The van der Waals surface area contributed by atoms with Crippen LogP contribution in [0.15, 0.2) is 30.3 Å². The molecule has 1 aromatic rings. The zero-order chi connectivity index (χ0) is 11.2. The van der Waals surface area contributed by atoms with Crippen LogP contribution in [0.4, 0.5) is 0 Å². The number of benzene rings is 1. The van der Waals surface area contributed by atoms with Crippen molar-refractivity contribution < 1.29 is 4.74 Å². The molecule has 1 heteroatoms. The fourth-order valence-corrected chi connectivity index (χ4v) is 2.05. The molecular formula is C15H20O. The Labute approximate surface area is 98.1 Å². The van der Waals surface area contributed by atoms with Crippen molar-refractivity contribution >= 4 is 5.57 Å². The minimum absolute atomic E-state index is 0.832. The highest BCUT2D eigenvalue weighted by Gasteiger charge is 2.07. The molecule has 0 bridgehead atoms. The highest BCUT2D eigenvalue weighted by molar-refractivity contribution is 5.68. The molecule has 0 N–H and O–H groups in total. The number of hydrogen-bond acceptors (Lipinski definition) is 1. The lowest BCUT2D eigenvalue weighted by atomic mass is 10.1. The van der Waals surface area contributed by atoms with Gasteiger partial charge in [-0.2, -0.15) is 0 Å². The Morgan fingerprint density at radius 3 is 3.00 bits per heavy atom. The van der Waals surface area contributed by atoms with Gasteiger partial charge in [-0.3, -0.25) is 0 Å². The van der Waals surface area contributed by atoms with Crippen molar-refractivity contribution in [2.45, 2.75) is 39.0 Å². The number of ether oxygens (including phenoxy) is 1. The molecule has 86 valence electrons. The van der Waals surface area contributed by atoms with E-state index in [4.69, 9.17) is 4.74 Å². The van der Waals surface area contributed by atoms with Gasteiger partial charge in [-0.05, 0) is 49.0 Å². The summed E-state index contributed by atoms with van der Waals surface area (Å²) in [6.45, 7) is 3.02. The van der Waals surface area contributed by atoms with E-state index in [0.29, 0.717) is 0 Å². The average molecular weight is 216 g/mol. The molecule has 0 aliphatic heterocycles. The fourth-order valence-electron chi connectivity index (χ4n) is 2.05. The Morgan fingerprint density at radius 2 is 2.25 bits per heavy atom. The van der Waals surface area contributed by atoms with Gasteiger partial charge < -0.3 is 4.74 Å². The van der Waals surface area contributed by atoms with E-state index >= 15 is 0 Å². The largest absolute Gasteiger partial charge is 0.494 e. The van der Waals surface area contributed by atoms with E-state index < -0.39 is 0 Å². The van der Waals surface area contributed by atoms with Crippen LogP contribution in [0.5, 0.6) is 5.75 Å². The number of unbranched alkanes of at least 4 members (excludes halogenated alkanes) is 1. The Kier molecular flexibility index (Phi) is 4.03. The van der Waals surface area contributed by atoms with Crippen LogP contribution in [0.2, 0.25) is 0 Å². The van der Waals surface area contributed by atoms with Crippen LogP contribution < -0.4 is 4.74 Å². The van der Waals surface area contributed by atoms with Gasteiger partial charge >= 0.3 is 0 Å². The third-order valence-corrected chi connectivity index (χ3v) is 3.01. The van der Waals surface area contributed by atoms with Crippen molar-refractivity contribution in [1.82, 2.24) is 0 Å². The van der Waals surface area contributed by atoms with Gasteiger partial charge in [0.1, 0.15) is 5.75 Å². The predicted octanol–water partition coefficient (Wildman–Crippen LogP) is 4.43. The molecule has 0 saturated carbocycles. The van der Waals surface area contributed by atoms with Crippen LogP contribution in [-0.2, 0) is 0 Å². The van der Waals surface area contributed by atoms with Gasteiger partial charge in [0.25, 0.3) is 0 Å². The Bertz CT molecular complexity index is 365. The molecule has 0 heterocycles. The molecule has 1 aromatic carbocycles. The topological polar surface area (TPSA) is 9.23 Å². The standard InChI is InChI=1S/C15H20O/c1-2-3-11-16-15-10-6-9-14(12-15)13-7-4-5-8-13/h6-7,9-10,12H,2-5,8,11H2,1H3. The Hall–Kier alpha value is -1.24. The third kappa shape index (κ3) is 2.88. The molecule has 0 fully saturated rings. The van der Waals surface area contributed by atoms with E-state index in [1.54, 1.807) is 0 Å². The zero-order valence-electron chi connectivity index (χ0n) is 10.0. The summed E-state index contributed by atoms with van der Waals surface area (Å²) >= 11 is 0. The van der Waals surface area contributed by atoms with Gasteiger partial charge in [0.15, 0.2) is 0 Å². The van der Waals surface area contributed by atoms with E-state index in [-0.39, 0.29) is 0 Å². The maximum Gasteiger partial charge on any atom is 0.119 e. The van der Waals surface area contributed by atoms with Crippen molar-refractivity contribution in [3.8, 4) is 5.75 Å². The van der Waals surface area contributed by atoms with Crippen LogP contribution in [0.1, 0.15) is 44.6 Å². The van der Waals surface area contributed by atoms with Crippen LogP contribution in [0.3, 0.4) is 0 Å². The number of allylic oxidation sites excluding steroid dienone is 2. The molecule has 0 amide bonds. The molecule has 0 radical (unpaired) electrons. The van der Waals surface area contributed by atoms with Gasteiger partial charge in [0.2, 0.25) is 0 Å². The maximum absolute atomic E-state index is 5.72. The van der Waals surface area contributed by atoms with Gasteiger partial charge in [0, 0.05) is 0 Å². The third-order valence-electron chi connectivity index (χ3n) is 3.01.